The van der Waals surface area contributed by atoms with E-state index in [1.54, 1.807) is 0 Å². The summed E-state index contributed by atoms with van der Waals surface area (Å²) in [5.74, 6) is -5.06. The fourth-order valence-electron chi connectivity index (χ4n) is 4.00. The molecule has 3 aromatic rings. The first-order valence-corrected chi connectivity index (χ1v) is 11.3. The number of carboxylic acid groups (broad SMARTS) is 1. The minimum atomic E-state index is -1.69. The minimum Gasteiger partial charge on any atom is -0.508 e. The zero-order valence-corrected chi connectivity index (χ0v) is 19.8. The second kappa shape index (κ2) is 10.6. The number of rotatable bonds is 7. The van der Waals surface area contributed by atoms with Crippen molar-refractivity contribution < 1.29 is 58.9 Å². The fourth-order valence-corrected chi connectivity index (χ4v) is 4.00. The van der Waals surface area contributed by atoms with Crippen molar-refractivity contribution in [3.63, 3.8) is 0 Å². The lowest BCUT2D eigenvalue weighted by Crippen LogP contribution is -2.57. The van der Waals surface area contributed by atoms with Gasteiger partial charge in [-0.2, -0.15) is 0 Å². The van der Waals surface area contributed by atoms with E-state index in [0.29, 0.717) is 0 Å². The molecule has 1 saturated heterocycles. The number of aromatic hydroxyl groups is 3. The van der Waals surface area contributed by atoms with Crippen LogP contribution < -0.4 is 10.2 Å². The van der Waals surface area contributed by atoms with Crippen molar-refractivity contribution >= 4 is 22.9 Å². The number of fused-ring (bicyclic) bond motifs is 1. The number of benzene rings is 2. The SMILES string of the molecule is C[C@@H]1[C@@H](O)[C@H](O)[C@H](Oc2c(-c3ccc(O)cc3)oc3cc(O)cc(O)c3c2=O)O[C@H]1COC(=O)CC(=O)O. The van der Waals surface area contributed by atoms with Crippen molar-refractivity contribution in [2.45, 2.75) is 37.9 Å². The van der Waals surface area contributed by atoms with Crippen LogP contribution in [0.15, 0.2) is 45.6 Å². The molecule has 1 aliphatic heterocycles. The Morgan fingerprint density at radius 2 is 1.68 bits per heavy atom. The first kappa shape index (κ1) is 26.7. The van der Waals surface area contributed by atoms with Gasteiger partial charge in [-0.3, -0.25) is 14.4 Å². The Labute approximate surface area is 213 Å². The van der Waals surface area contributed by atoms with Gasteiger partial charge < -0.3 is 49.3 Å². The molecule has 38 heavy (non-hydrogen) atoms. The molecular weight excluding hydrogens is 508 g/mol. The monoisotopic (exact) mass is 532 g/mol. The third-order valence-corrected chi connectivity index (χ3v) is 6.05. The Balaban J connectivity index is 1.73. The van der Waals surface area contributed by atoms with Crippen LogP contribution in [-0.4, -0.2) is 73.8 Å². The summed E-state index contributed by atoms with van der Waals surface area (Å²) in [5, 5.41) is 59.4. The molecule has 0 spiro atoms. The topological polar surface area (TPSA) is 213 Å². The third kappa shape index (κ3) is 5.34. The molecule has 2 aromatic carbocycles. The molecular formula is C25H24O13. The molecule has 0 unspecified atom stereocenters. The quantitative estimate of drug-likeness (QED) is 0.186. The molecule has 5 atom stereocenters. The van der Waals surface area contributed by atoms with E-state index in [9.17, 15) is 39.9 Å². The predicted molar refractivity (Wildman–Crippen MR) is 127 cm³/mol. The highest BCUT2D eigenvalue weighted by Gasteiger charge is 2.44. The second-order valence-electron chi connectivity index (χ2n) is 8.73. The molecule has 0 aliphatic carbocycles. The summed E-state index contributed by atoms with van der Waals surface area (Å²) in [6.45, 7) is 1.02. The van der Waals surface area contributed by atoms with E-state index in [1.165, 1.54) is 31.2 Å². The molecule has 202 valence electrons. The Hall–Kier alpha value is -4.33. The van der Waals surface area contributed by atoms with Gasteiger partial charge in [-0.05, 0) is 24.3 Å². The molecule has 4 rings (SSSR count). The van der Waals surface area contributed by atoms with Crippen LogP contribution in [-0.2, 0) is 19.1 Å². The number of esters is 1. The normalized spacial score (nSPS) is 23.2. The van der Waals surface area contributed by atoms with Crippen LogP contribution in [0.2, 0.25) is 0 Å². The number of ether oxygens (including phenoxy) is 3. The first-order valence-electron chi connectivity index (χ1n) is 11.3. The van der Waals surface area contributed by atoms with Crippen LogP contribution in [0.3, 0.4) is 0 Å². The lowest BCUT2D eigenvalue weighted by atomic mass is 9.91. The van der Waals surface area contributed by atoms with Gasteiger partial charge in [0, 0.05) is 23.6 Å². The molecule has 0 amide bonds. The van der Waals surface area contributed by atoms with E-state index in [-0.39, 0.29) is 33.8 Å². The summed E-state index contributed by atoms with van der Waals surface area (Å²) >= 11 is 0. The Morgan fingerprint density at radius 3 is 2.34 bits per heavy atom. The molecule has 1 aromatic heterocycles. The van der Waals surface area contributed by atoms with Crippen LogP contribution in [0, 0.1) is 5.92 Å². The average molecular weight is 532 g/mol. The molecule has 1 fully saturated rings. The van der Waals surface area contributed by atoms with E-state index in [2.05, 4.69) is 0 Å². The number of carbonyl (C=O) groups is 2. The van der Waals surface area contributed by atoms with Crippen molar-refractivity contribution in [1.82, 2.24) is 0 Å². The highest BCUT2D eigenvalue weighted by Crippen LogP contribution is 2.37. The Bertz CT molecular complexity index is 1410. The first-order chi connectivity index (χ1) is 18.0. The smallest absolute Gasteiger partial charge is 0.317 e. The van der Waals surface area contributed by atoms with E-state index >= 15 is 0 Å². The fraction of sp³-hybridized carbons (Fsp3) is 0.320. The van der Waals surface area contributed by atoms with Gasteiger partial charge in [-0.15, -0.1) is 0 Å². The van der Waals surface area contributed by atoms with E-state index in [4.69, 9.17) is 23.7 Å². The van der Waals surface area contributed by atoms with Gasteiger partial charge in [0.25, 0.3) is 0 Å². The molecule has 13 nitrogen and oxygen atoms in total. The zero-order chi connectivity index (χ0) is 27.7. The van der Waals surface area contributed by atoms with Gasteiger partial charge in [0.2, 0.25) is 17.5 Å². The highest BCUT2D eigenvalue weighted by atomic mass is 16.7. The van der Waals surface area contributed by atoms with Crippen LogP contribution in [0.1, 0.15) is 13.3 Å². The van der Waals surface area contributed by atoms with Crippen molar-refractivity contribution in [2.24, 2.45) is 5.92 Å². The summed E-state index contributed by atoms with van der Waals surface area (Å²) in [6.07, 6.45) is -6.80. The summed E-state index contributed by atoms with van der Waals surface area (Å²) in [4.78, 5) is 35.8. The van der Waals surface area contributed by atoms with Gasteiger partial charge >= 0.3 is 11.9 Å². The molecule has 0 saturated carbocycles. The van der Waals surface area contributed by atoms with Crippen molar-refractivity contribution in [3.8, 4) is 34.3 Å². The molecule has 0 bridgehead atoms. The number of aliphatic hydroxyl groups is 2. The predicted octanol–water partition coefficient (Wildman–Crippen LogP) is 1.06. The van der Waals surface area contributed by atoms with E-state index in [0.717, 1.165) is 12.1 Å². The number of aliphatic hydroxyl groups excluding tert-OH is 2. The maximum absolute atomic E-state index is 13.4. The van der Waals surface area contributed by atoms with Gasteiger partial charge in [0.05, 0.1) is 6.10 Å². The summed E-state index contributed by atoms with van der Waals surface area (Å²) in [7, 11) is 0. The van der Waals surface area contributed by atoms with Gasteiger partial charge in [-0.25, -0.2) is 0 Å². The van der Waals surface area contributed by atoms with Crippen LogP contribution >= 0.6 is 0 Å². The van der Waals surface area contributed by atoms with Gasteiger partial charge in [0.1, 0.15) is 53.5 Å². The lowest BCUT2D eigenvalue weighted by molar-refractivity contribution is -0.262. The number of phenols is 3. The van der Waals surface area contributed by atoms with E-state index in [1.807, 2.05) is 0 Å². The molecule has 1 aliphatic rings. The number of phenolic OH excluding ortho intramolecular Hbond substituents is 3. The van der Waals surface area contributed by atoms with Crippen molar-refractivity contribution in [1.29, 1.82) is 0 Å². The molecule has 2 heterocycles. The van der Waals surface area contributed by atoms with Gasteiger partial charge in [-0.1, -0.05) is 6.92 Å². The maximum atomic E-state index is 13.4. The van der Waals surface area contributed by atoms with E-state index < -0.39 is 72.4 Å². The van der Waals surface area contributed by atoms with Crippen molar-refractivity contribution in [2.75, 3.05) is 6.61 Å². The van der Waals surface area contributed by atoms with Crippen molar-refractivity contribution in [3.05, 3.63) is 46.6 Å². The molecule has 13 heteroatoms. The number of hydrogen-bond donors (Lipinski definition) is 6. The number of hydrogen-bond acceptors (Lipinski definition) is 12. The third-order valence-electron chi connectivity index (χ3n) is 6.05. The summed E-state index contributed by atoms with van der Waals surface area (Å²) in [5.41, 5.74) is -0.858. The Kier molecular flexibility index (Phi) is 7.44. The minimum absolute atomic E-state index is 0.0851. The zero-order valence-electron chi connectivity index (χ0n) is 19.8. The van der Waals surface area contributed by atoms with Crippen LogP contribution in [0.5, 0.6) is 23.0 Å². The summed E-state index contributed by atoms with van der Waals surface area (Å²) in [6, 6.07) is 7.43. The average Bonchev–Trinajstić information content (AvgIpc) is 2.84. The lowest BCUT2D eigenvalue weighted by Gasteiger charge is -2.40. The second-order valence-corrected chi connectivity index (χ2v) is 8.73. The Morgan fingerprint density at radius 1 is 1.00 bits per heavy atom. The standard InChI is InChI=1S/C25H24O13/c1-10-16(9-35-18(31)8-17(29)30)37-25(22(34)20(10)32)38-24-21(33)19-14(28)6-13(27)7-15(19)36-23(24)11-2-4-12(26)5-3-11/h2-7,10,16,20,22,25-28,32,34H,8-9H2,1H3,(H,29,30)/t10-,16-,20+,22-,25-/m0/s1. The summed E-state index contributed by atoms with van der Waals surface area (Å²) < 4.78 is 22.1. The molecule has 6 N–H and O–H groups in total. The largest absolute Gasteiger partial charge is 0.508 e. The maximum Gasteiger partial charge on any atom is 0.317 e. The highest BCUT2D eigenvalue weighted by molar-refractivity contribution is 5.90. The van der Waals surface area contributed by atoms with Crippen LogP contribution in [0.25, 0.3) is 22.3 Å². The van der Waals surface area contributed by atoms with Crippen LogP contribution in [0.4, 0.5) is 0 Å². The number of carbonyl (C=O) groups excluding carboxylic acids is 1. The van der Waals surface area contributed by atoms with Gasteiger partial charge in [0.15, 0.2) is 5.76 Å². The molecule has 0 radical (unpaired) electrons. The number of carboxylic acids is 1. The number of aliphatic carboxylic acids is 1.